The first-order valence-corrected chi connectivity index (χ1v) is 11.4. The van der Waals surface area contributed by atoms with Crippen LogP contribution in [-0.2, 0) is 0 Å². The standard InChI is InChI=1S/C25H26ClN3O3/c1-31-18-12-13-19(20(14-18)32-2)24-21-22(15-8-10-16(26)11-9-15)27-28-23(21)25(30)29(24)17-6-4-3-5-7-17/h8-14,17,24H,3-7H2,1-2H3,(H,27,28). The highest BCUT2D eigenvalue weighted by Crippen LogP contribution is 2.48. The van der Waals surface area contributed by atoms with Crippen molar-refractivity contribution < 1.29 is 14.3 Å². The summed E-state index contributed by atoms with van der Waals surface area (Å²) < 4.78 is 11.2. The van der Waals surface area contributed by atoms with Crippen LogP contribution in [0.3, 0.4) is 0 Å². The van der Waals surface area contributed by atoms with E-state index in [0.29, 0.717) is 22.2 Å². The third kappa shape index (κ3) is 3.43. The van der Waals surface area contributed by atoms with Crippen LogP contribution in [0.4, 0.5) is 0 Å². The Morgan fingerprint density at radius 2 is 1.78 bits per heavy atom. The van der Waals surface area contributed by atoms with Gasteiger partial charge in [-0.3, -0.25) is 9.89 Å². The van der Waals surface area contributed by atoms with Crippen LogP contribution in [0.2, 0.25) is 5.02 Å². The first kappa shape index (κ1) is 20.9. The fraction of sp³-hybridized carbons (Fsp3) is 0.360. The molecule has 0 bridgehead atoms. The molecule has 166 valence electrons. The largest absolute Gasteiger partial charge is 0.497 e. The van der Waals surface area contributed by atoms with Gasteiger partial charge in [0.15, 0.2) is 0 Å². The molecule has 3 aromatic rings. The van der Waals surface area contributed by atoms with Gasteiger partial charge in [-0.1, -0.05) is 43.0 Å². The Morgan fingerprint density at radius 3 is 2.47 bits per heavy atom. The number of nitrogens with one attached hydrogen (secondary N) is 1. The van der Waals surface area contributed by atoms with Crippen LogP contribution in [0.1, 0.15) is 59.8 Å². The number of methoxy groups -OCH3 is 2. The number of aromatic nitrogens is 2. The average Bonchev–Trinajstić information content (AvgIpc) is 3.38. The van der Waals surface area contributed by atoms with Gasteiger partial charge >= 0.3 is 0 Å². The van der Waals surface area contributed by atoms with Gasteiger partial charge in [-0.05, 0) is 37.1 Å². The molecule has 1 unspecified atom stereocenters. The number of hydrogen-bond donors (Lipinski definition) is 1. The topological polar surface area (TPSA) is 67.5 Å². The predicted octanol–water partition coefficient (Wildman–Crippen LogP) is 5.63. The highest BCUT2D eigenvalue weighted by atomic mass is 35.5. The summed E-state index contributed by atoms with van der Waals surface area (Å²) in [7, 11) is 3.28. The van der Waals surface area contributed by atoms with Crippen LogP contribution >= 0.6 is 11.6 Å². The van der Waals surface area contributed by atoms with E-state index >= 15 is 0 Å². The van der Waals surface area contributed by atoms with Crippen molar-refractivity contribution in [3.05, 3.63) is 64.3 Å². The lowest BCUT2D eigenvalue weighted by atomic mass is 9.90. The van der Waals surface area contributed by atoms with Gasteiger partial charge in [-0.25, -0.2) is 0 Å². The summed E-state index contributed by atoms with van der Waals surface area (Å²) in [6, 6.07) is 13.3. The molecule has 2 aromatic carbocycles. The van der Waals surface area contributed by atoms with E-state index in [2.05, 4.69) is 10.2 Å². The first-order valence-electron chi connectivity index (χ1n) is 11.0. The molecule has 5 rings (SSSR count). The van der Waals surface area contributed by atoms with Crippen LogP contribution in [-0.4, -0.2) is 41.3 Å². The van der Waals surface area contributed by atoms with E-state index in [9.17, 15) is 4.79 Å². The number of H-pyrrole nitrogens is 1. The molecular formula is C25H26ClN3O3. The van der Waals surface area contributed by atoms with E-state index in [-0.39, 0.29) is 18.0 Å². The van der Waals surface area contributed by atoms with Crippen LogP contribution in [0.25, 0.3) is 11.3 Å². The Hall–Kier alpha value is -2.99. The van der Waals surface area contributed by atoms with Gasteiger partial charge in [-0.2, -0.15) is 5.10 Å². The molecule has 0 spiro atoms. The molecule has 32 heavy (non-hydrogen) atoms. The first-order chi connectivity index (χ1) is 15.6. The molecule has 1 aromatic heterocycles. The summed E-state index contributed by atoms with van der Waals surface area (Å²) in [5, 5.41) is 8.25. The fourth-order valence-corrected chi connectivity index (χ4v) is 5.20. The van der Waals surface area contributed by atoms with Crippen molar-refractivity contribution in [2.75, 3.05) is 14.2 Å². The average molecular weight is 452 g/mol. The SMILES string of the molecule is COc1ccc(C2c3c(-c4ccc(Cl)cc4)n[nH]c3C(=O)N2C2CCCCC2)c(OC)c1. The van der Waals surface area contributed by atoms with Gasteiger partial charge in [0.2, 0.25) is 0 Å². The maximum atomic E-state index is 13.7. The number of benzene rings is 2. The van der Waals surface area contributed by atoms with Crippen LogP contribution < -0.4 is 9.47 Å². The van der Waals surface area contributed by atoms with Gasteiger partial charge in [0.1, 0.15) is 17.2 Å². The molecule has 1 aliphatic heterocycles. The number of carbonyl (C=O) groups excluding carboxylic acids is 1. The van der Waals surface area contributed by atoms with E-state index < -0.39 is 0 Å². The molecule has 1 aliphatic carbocycles. The summed E-state index contributed by atoms with van der Waals surface area (Å²) in [6.07, 6.45) is 5.51. The number of fused-ring (bicyclic) bond motifs is 1. The Kier molecular flexibility index (Phi) is 5.55. The van der Waals surface area contributed by atoms with Gasteiger partial charge in [0, 0.05) is 33.8 Å². The minimum absolute atomic E-state index is 0.00230. The molecule has 1 atom stereocenters. The second-order valence-corrected chi connectivity index (χ2v) is 8.82. The molecule has 1 fully saturated rings. The minimum Gasteiger partial charge on any atom is -0.497 e. The van der Waals surface area contributed by atoms with E-state index in [4.69, 9.17) is 21.1 Å². The van der Waals surface area contributed by atoms with Crippen LogP contribution in [0.15, 0.2) is 42.5 Å². The molecule has 2 aliphatic rings. The Morgan fingerprint density at radius 1 is 1.03 bits per heavy atom. The summed E-state index contributed by atoms with van der Waals surface area (Å²) in [6.45, 7) is 0. The zero-order valence-corrected chi connectivity index (χ0v) is 19.0. The second-order valence-electron chi connectivity index (χ2n) is 8.38. The number of nitrogens with zero attached hydrogens (tertiary/aromatic N) is 2. The predicted molar refractivity (Wildman–Crippen MR) is 123 cm³/mol. The number of carbonyl (C=O) groups is 1. The summed E-state index contributed by atoms with van der Waals surface area (Å²) in [5.41, 5.74) is 4.08. The second kappa shape index (κ2) is 8.51. The van der Waals surface area contributed by atoms with Crippen molar-refractivity contribution in [1.82, 2.24) is 15.1 Å². The maximum absolute atomic E-state index is 13.7. The number of aromatic amines is 1. The molecule has 7 heteroatoms. The molecule has 1 N–H and O–H groups in total. The van der Waals surface area contributed by atoms with Crippen molar-refractivity contribution in [1.29, 1.82) is 0 Å². The lowest BCUT2D eigenvalue weighted by Crippen LogP contribution is -2.40. The van der Waals surface area contributed by atoms with Crippen molar-refractivity contribution in [3.8, 4) is 22.8 Å². The zero-order valence-electron chi connectivity index (χ0n) is 18.2. The lowest BCUT2D eigenvalue weighted by molar-refractivity contribution is 0.0604. The Balaban J connectivity index is 1.69. The summed E-state index contributed by atoms with van der Waals surface area (Å²) >= 11 is 6.11. The zero-order chi connectivity index (χ0) is 22.2. The molecule has 1 amide bonds. The summed E-state index contributed by atoms with van der Waals surface area (Å²) in [4.78, 5) is 15.7. The van der Waals surface area contributed by atoms with E-state index in [1.54, 1.807) is 14.2 Å². The third-order valence-corrected chi connectivity index (χ3v) is 6.88. The highest BCUT2D eigenvalue weighted by Gasteiger charge is 2.46. The van der Waals surface area contributed by atoms with E-state index in [1.807, 2.05) is 47.4 Å². The number of hydrogen-bond acceptors (Lipinski definition) is 4. The van der Waals surface area contributed by atoms with E-state index in [1.165, 1.54) is 6.42 Å². The van der Waals surface area contributed by atoms with Gasteiger partial charge in [-0.15, -0.1) is 0 Å². The van der Waals surface area contributed by atoms with E-state index in [0.717, 1.165) is 48.1 Å². The van der Waals surface area contributed by atoms with Crippen molar-refractivity contribution in [2.24, 2.45) is 0 Å². The highest BCUT2D eigenvalue weighted by molar-refractivity contribution is 6.30. The number of ether oxygens (including phenoxy) is 2. The van der Waals surface area contributed by atoms with Gasteiger partial charge in [0.05, 0.1) is 26.0 Å². The van der Waals surface area contributed by atoms with Crippen molar-refractivity contribution in [3.63, 3.8) is 0 Å². The monoisotopic (exact) mass is 451 g/mol. The Bertz CT molecular complexity index is 1140. The van der Waals surface area contributed by atoms with Crippen molar-refractivity contribution >= 4 is 17.5 Å². The Labute approximate surface area is 192 Å². The minimum atomic E-state index is -0.286. The maximum Gasteiger partial charge on any atom is 0.273 e. The molecule has 6 nitrogen and oxygen atoms in total. The summed E-state index contributed by atoms with van der Waals surface area (Å²) in [5.74, 6) is 1.41. The van der Waals surface area contributed by atoms with Crippen LogP contribution in [0.5, 0.6) is 11.5 Å². The number of halogens is 1. The third-order valence-electron chi connectivity index (χ3n) is 6.62. The van der Waals surface area contributed by atoms with Crippen molar-refractivity contribution in [2.45, 2.75) is 44.2 Å². The normalized spacial score (nSPS) is 18.7. The fourth-order valence-electron chi connectivity index (χ4n) is 5.08. The van der Waals surface area contributed by atoms with Crippen LogP contribution in [0, 0.1) is 0 Å². The molecule has 1 saturated carbocycles. The number of rotatable bonds is 5. The molecule has 0 radical (unpaired) electrons. The number of amides is 1. The molecule has 2 heterocycles. The lowest BCUT2D eigenvalue weighted by Gasteiger charge is -2.36. The van der Waals surface area contributed by atoms with Gasteiger partial charge in [0.25, 0.3) is 5.91 Å². The molecule has 0 saturated heterocycles. The quantitative estimate of drug-likeness (QED) is 0.546. The smallest absolute Gasteiger partial charge is 0.273 e. The van der Waals surface area contributed by atoms with Gasteiger partial charge < -0.3 is 14.4 Å². The molecular weight excluding hydrogens is 426 g/mol.